The molecule has 0 aliphatic heterocycles. The first-order valence-electron chi connectivity index (χ1n) is 6.95. The van der Waals surface area contributed by atoms with E-state index < -0.39 is 0 Å². The summed E-state index contributed by atoms with van der Waals surface area (Å²) in [5.41, 5.74) is 1.27. The number of benzene rings is 1. The van der Waals surface area contributed by atoms with E-state index >= 15 is 0 Å². The first-order chi connectivity index (χ1) is 10.9. The molecule has 2 rings (SSSR count). The zero-order valence-corrected chi connectivity index (χ0v) is 15.3. The molecule has 1 aromatic carbocycles. The number of nitrogens with zero attached hydrogens (tertiary/aromatic N) is 2. The highest BCUT2D eigenvalue weighted by Gasteiger charge is 2.15. The molecule has 0 saturated carbocycles. The summed E-state index contributed by atoms with van der Waals surface area (Å²) in [5, 5.41) is 1.76. The molecule has 0 N–H and O–H groups in total. The number of ketones is 1. The summed E-state index contributed by atoms with van der Waals surface area (Å²) < 4.78 is 5.63. The number of thioether (sulfide) groups is 1. The van der Waals surface area contributed by atoms with Gasteiger partial charge in [-0.1, -0.05) is 23.2 Å². The van der Waals surface area contributed by atoms with Gasteiger partial charge >= 0.3 is 0 Å². The molecule has 1 heterocycles. The van der Waals surface area contributed by atoms with E-state index in [1.807, 2.05) is 13.8 Å². The Morgan fingerprint density at radius 1 is 1.26 bits per heavy atom. The maximum atomic E-state index is 11.8. The van der Waals surface area contributed by atoms with Crippen LogP contribution in [0, 0.1) is 13.8 Å². The Balaban J connectivity index is 2.02. The Bertz CT molecular complexity index is 738. The van der Waals surface area contributed by atoms with Gasteiger partial charge < -0.3 is 4.74 Å². The minimum Gasteiger partial charge on any atom is -0.491 e. The molecule has 0 unspecified atom stereocenters. The Morgan fingerprint density at radius 2 is 2.00 bits per heavy atom. The van der Waals surface area contributed by atoms with Crippen molar-refractivity contribution in [1.82, 2.24) is 9.97 Å². The van der Waals surface area contributed by atoms with Crippen LogP contribution in [0.3, 0.4) is 0 Å². The second-order valence-corrected chi connectivity index (χ2v) is 6.79. The van der Waals surface area contributed by atoms with Crippen LogP contribution in [0.4, 0.5) is 0 Å². The lowest BCUT2D eigenvalue weighted by atomic mass is 10.2. The van der Waals surface area contributed by atoms with Crippen molar-refractivity contribution in [2.45, 2.75) is 25.8 Å². The van der Waals surface area contributed by atoms with E-state index in [-0.39, 0.29) is 5.78 Å². The maximum absolute atomic E-state index is 11.8. The van der Waals surface area contributed by atoms with Crippen molar-refractivity contribution in [1.29, 1.82) is 0 Å². The van der Waals surface area contributed by atoms with Gasteiger partial charge in [0, 0.05) is 16.8 Å². The Kier molecular flexibility index (Phi) is 6.27. The van der Waals surface area contributed by atoms with Crippen LogP contribution >= 0.6 is 35.0 Å². The number of ether oxygens (including phenoxy) is 1. The van der Waals surface area contributed by atoms with E-state index in [1.165, 1.54) is 18.7 Å². The van der Waals surface area contributed by atoms with E-state index in [2.05, 4.69) is 9.97 Å². The molecule has 1 aromatic heterocycles. The number of rotatable bonds is 6. The number of hydrogen-bond donors (Lipinski definition) is 0. The van der Waals surface area contributed by atoms with Crippen molar-refractivity contribution in [2.75, 3.05) is 12.4 Å². The Hall–Kier alpha value is -1.30. The molecule has 0 aliphatic carbocycles. The van der Waals surface area contributed by atoms with Crippen LogP contribution in [0.5, 0.6) is 5.75 Å². The van der Waals surface area contributed by atoms with Crippen LogP contribution in [-0.4, -0.2) is 28.1 Å². The van der Waals surface area contributed by atoms with Gasteiger partial charge in [-0.2, -0.15) is 0 Å². The summed E-state index contributed by atoms with van der Waals surface area (Å²) >= 11 is 13.4. The van der Waals surface area contributed by atoms with Crippen LogP contribution in [0.15, 0.2) is 23.2 Å². The summed E-state index contributed by atoms with van der Waals surface area (Å²) in [7, 11) is 0. The highest BCUT2D eigenvalue weighted by Crippen LogP contribution is 2.28. The van der Waals surface area contributed by atoms with Crippen molar-refractivity contribution in [3.05, 3.63) is 45.3 Å². The van der Waals surface area contributed by atoms with E-state index in [4.69, 9.17) is 27.9 Å². The number of Topliss-reactive ketones (excluding diaryl/α,β-unsaturated/α-hetero) is 1. The molecule has 2 aromatic rings. The number of hydrogen-bond acceptors (Lipinski definition) is 5. The van der Waals surface area contributed by atoms with Crippen molar-refractivity contribution in [2.24, 2.45) is 0 Å². The lowest BCUT2D eigenvalue weighted by molar-refractivity contribution is 0.101. The van der Waals surface area contributed by atoms with Crippen LogP contribution in [-0.2, 0) is 0 Å². The second-order valence-electron chi connectivity index (χ2n) is 4.86. The highest BCUT2D eigenvalue weighted by atomic mass is 35.5. The molecule has 0 bridgehead atoms. The minimum atomic E-state index is -0.0381. The van der Waals surface area contributed by atoms with Crippen LogP contribution in [0.25, 0.3) is 0 Å². The van der Waals surface area contributed by atoms with Gasteiger partial charge in [-0.15, -0.1) is 11.8 Å². The monoisotopic (exact) mass is 370 g/mol. The van der Waals surface area contributed by atoms with Crippen molar-refractivity contribution in [3.63, 3.8) is 0 Å². The van der Waals surface area contributed by atoms with Gasteiger partial charge in [0.15, 0.2) is 5.78 Å². The smallest absolute Gasteiger partial charge is 0.164 e. The van der Waals surface area contributed by atoms with Gasteiger partial charge in [-0.3, -0.25) is 4.79 Å². The summed E-state index contributed by atoms with van der Waals surface area (Å²) in [5.74, 6) is 1.78. The third kappa shape index (κ3) is 4.83. The average Bonchev–Trinajstić information content (AvgIpc) is 2.45. The zero-order valence-electron chi connectivity index (χ0n) is 13.0. The fraction of sp³-hybridized carbons (Fsp3) is 0.312. The molecular formula is C16H16Cl2N2O2S. The van der Waals surface area contributed by atoms with Gasteiger partial charge in [0.1, 0.15) is 16.6 Å². The maximum Gasteiger partial charge on any atom is 0.164 e. The predicted octanol–water partition coefficient (Wildman–Crippen LogP) is 4.77. The summed E-state index contributed by atoms with van der Waals surface area (Å²) in [6.45, 7) is 5.57. The van der Waals surface area contributed by atoms with E-state index in [0.29, 0.717) is 50.3 Å². The zero-order chi connectivity index (χ0) is 17.0. The number of carbonyl (C=O) groups is 1. The topological polar surface area (TPSA) is 52.1 Å². The van der Waals surface area contributed by atoms with E-state index in [9.17, 15) is 4.79 Å². The molecule has 0 spiro atoms. The van der Waals surface area contributed by atoms with E-state index in [0.717, 1.165) is 0 Å². The predicted molar refractivity (Wildman–Crippen MR) is 94.2 cm³/mol. The first kappa shape index (κ1) is 18.0. The van der Waals surface area contributed by atoms with Crippen molar-refractivity contribution in [3.8, 4) is 5.75 Å². The molecule has 0 fully saturated rings. The van der Waals surface area contributed by atoms with Crippen molar-refractivity contribution >= 4 is 40.7 Å². The lowest BCUT2D eigenvalue weighted by Gasteiger charge is -2.11. The molecule has 0 saturated heterocycles. The normalized spacial score (nSPS) is 10.7. The van der Waals surface area contributed by atoms with Crippen LogP contribution < -0.4 is 4.74 Å². The molecule has 0 aliphatic rings. The van der Waals surface area contributed by atoms with Crippen LogP contribution in [0.1, 0.15) is 28.8 Å². The molecule has 23 heavy (non-hydrogen) atoms. The average molecular weight is 371 g/mol. The molecule has 7 heteroatoms. The van der Waals surface area contributed by atoms with Crippen LogP contribution in [0.2, 0.25) is 10.0 Å². The quantitative estimate of drug-likeness (QED) is 0.317. The van der Waals surface area contributed by atoms with Gasteiger partial charge in [-0.05, 0) is 32.9 Å². The standard InChI is InChI=1S/C16H16Cl2N2O2S/c1-9-15(10(2)21)16(20-11(3)19-9)23-7-6-22-14-8-12(17)4-5-13(14)18/h4-5,8H,6-7H2,1-3H3. The summed E-state index contributed by atoms with van der Waals surface area (Å²) in [6.07, 6.45) is 0. The molecule has 0 amide bonds. The Labute approximate surface area is 149 Å². The van der Waals surface area contributed by atoms with E-state index in [1.54, 1.807) is 18.2 Å². The molecular weight excluding hydrogens is 355 g/mol. The summed E-state index contributed by atoms with van der Waals surface area (Å²) in [4.78, 5) is 20.4. The number of aromatic nitrogens is 2. The van der Waals surface area contributed by atoms with Gasteiger partial charge in [0.2, 0.25) is 0 Å². The molecule has 4 nitrogen and oxygen atoms in total. The third-order valence-electron chi connectivity index (χ3n) is 2.99. The number of carbonyl (C=O) groups excluding carboxylic acids is 1. The minimum absolute atomic E-state index is 0.0381. The van der Waals surface area contributed by atoms with Gasteiger partial charge in [0.25, 0.3) is 0 Å². The Morgan fingerprint density at radius 3 is 2.70 bits per heavy atom. The van der Waals surface area contributed by atoms with Gasteiger partial charge in [-0.25, -0.2) is 9.97 Å². The fourth-order valence-electron chi connectivity index (χ4n) is 2.07. The highest BCUT2D eigenvalue weighted by molar-refractivity contribution is 7.99. The number of halogens is 2. The first-order valence-corrected chi connectivity index (χ1v) is 8.69. The number of aryl methyl sites for hydroxylation is 2. The lowest BCUT2D eigenvalue weighted by Crippen LogP contribution is -2.08. The van der Waals surface area contributed by atoms with Gasteiger partial charge in [0.05, 0.1) is 22.9 Å². The second kappa shape index (κ2) is 7.99. The summed E-state index contributed by atoms with van der Waals surface area (Å²) in [6, 6.07) is 5.07. The molecule has 0 atom stereocenters. The van der Waals surface area contributed by atoms with Crippen molar-refractivity contribution < 1.29 is 9.53 Å². The SMILES string of the molecule is CC(=O)c1c(C)nc(C)nc1SCCOc1cc(Cl)ccc1Cl. The molecule has 122 valence electrons. The molecule has 0 radical (unpaired) electrons. The largest absolute Gasteiger partial charge is 0.491 e. The third-order valence-corrected chi connectivity index (χ3v) is 4.48. The fourth-order valence-corrected chi connectivity index (χ4v) is 3.40.